The van der Waals surface area contributed by atoms with Crippen molar-refractivity contribution in [1.29, 1.82) is 0 Å². The summed E-state index contributed by atoms with van der Waals surface area (Å²) >= 11 is 3.40. The van der Waals surface area contributed by atoms with E-state index in [1.807, 2.05) is 37.0 Å². The average molecular weight is 296 g/mol. The Labute approximate surface area is 108 Å². The van der Waals surface area contributed by atoms with E-state index < -0.39 is 0 Å². The monoisotopic (exact) mass is 295 g/mol. The fourth-order valence-corrected chi connectivity index (χ4v) is 2.38. The van der Waals surface area contributed by atoms with Crippen LogP contribution < -0.4 is 5.56 Å². The Morgan fingerprint density at radius 3 is 2.88 bits per heavy atom. The molecule has 2 heterocycles. The van der Waals surface area contributed by atoms with E-state index in [-0.39, 0.29) is 5.56 Å². The van der Waals surface area contributed by atoms with Crippen LogP contribution in [0.15, 0.2) is 33.8 Å². The zero-order valence-electron chi connectivity index (χ0n) is 9.85. The molecule has 0 aliphatic rings. The highest BCUT2D eigenvalue weighted by Gasteiger charge is 2.04. The van der Waals surface area contributed by atoms with E-state index in [4.69, 9.17) is 0 Å². The summed E-state index contributed by atoms with van der Waals surface area (Å²) < 4.78 is 4.49. The Morgan fingerprint density at radius 2 is 2.24 bits per heavy atom. The highest BCUT2D eigenvalue weighted by atomic mass is 79.9. The van der Waals surface area contributed by atoms with Crippen molar-refractivity contribution in [2.24, 2.45) is 7.05 Å². The number of aryl methyl sites for hydroxylation is 4. The summed E-state index contributed by atoms with van der Waals surface area (Å²) in [4.78, 5) is 11.9. The Kier molecular flexibility index (Phi) is 3.47. The first kappa shape index (κ1) is 12.1. The van der Waals surface area contributed by atoms with Gasteiger partial charge in [0.2, 0.25) is 0 Å². The second-order valence-corrected chi connectivity index (χ2v) is 4.95. The molecule has 0 atom stereocenters. The molecule has 0 bridgehead atoms. The molecule has 4 nitrogen and oxygen atoms in total. The van der Waals surface area contributed by atoms with Gasteiger partial charge in [-0.15, -0.1) is 0 Å². The van der Waals surface area contributed by atoms with Crippen LogP contribution >= 0.6 is 15.9 Å². The van der Waals surface area contributed by atoms with Crippen molar-refractivity contribution < 1.29 is 0 Å². The zero-order valence-corrected chi connectivity index (χ0v) is 11.4. The molecule has 0 aliphatic heterocycles. The average Bonchev–Trinajstić information content (AvgIpc) is 2.67. The van der Waals surface area contributed by atoms with Crippen molar-refractivity contribution in [2.75, 3.05) is 0 Å². The van der Waals surface area contributed by atoms with E-state index in [9.17, 15) is 4.79 Å². The Morgan fingerprint density at radius 1 is 1.47 bits per heavy atom. The van der Waals surface area contributed by atoms with Gasteiger partial charge in [0.15, 0.2) is 0 Å². The summed E-state index contributed by atoms with van der Waals surface area (Å²) in [6.45, 7) is 2.49. The summed E-state index contributed by atoms with van der Waals surface area (Å²) in [6, 6.07) is 3.80. The maximum Gasteiger partial charge on any atom is 0.253 e. The lowest BCUT2D eigenvalue weighted by Gasteiger charge is -2.07. The standard InChI is InChI=1S/C12H14BrN3O/c1-9-7-10(13)8-16(12(9)17)6-4-11-3-5-14-15(11)2/h3,5,7-8H,4,6H2,1-2H3. The summed E-state index contributed by atoms with van der Waals surface area (Å²) in [6.07, 6.45) is 4.39. The van der Waals surface area contributed by atoms with Gasteiger partial charge in [0.25, 0.3) is 5.56 Å². The molecule has 0 amide bonds. The van der Waals surface area contributed by atoms with Crippen LogP contribution in [0.5, 0.6) is 0 Å². The largest absolute Gasteiger partial charge is 0.314 e. The van der Waals surface area contributed by atoms with E-state index in [0.717, 1.165) is 22.2 Å². The zero-order chi connectivity index (χ0) is 12.4. The fourth-order valence-electron chi connectivity index (χ4n) is 1.79. The van der Waals surface area contributed by atoms with Crippen LogP contribution in [-0.4, -0.2) is 14.3 Å². The van der Waals surface area contributed by atoms with Crippen LogP contribution in [0.25, 0.3) is 0 Å². The minimum Gasteiger partial charge on any atom is -0.314 e. The van der Waals surface area contributed by atoms with Gasteiger partial charge in [-0.1, -0.05) is 0 Å². The fraction of sp³-hybridized carbons (Fsp3) is 0.333. The molecular weight excluding hydrogens is 282 g/mol. The van der Waals surface area contributed by atoms with Crippen LogP contribution in [0.2, 0.25) is 0 Å². The summed E-state index contributed by atoms with van der Waals surface area (Å²) in [5, 5.41) is 4.11. The Balaban J connectivity index is 2.20. The topological polar surface area (TPSA) is 39.8 Å². The maximum atomic E-state index is 11.9. The minimum atomic E-state index is 0.0652. The number of hydrogen-bond acceptors (Lipinski definition) is 2. The quantitative estimate of drug-likeness (QED) is 0.868. The number of pyridine rings is 1. The molecule has 0 aromatic carbocycles. The molecule has 90 valence electrons. The third-order valence-corrected chi connectivity index (χ3v) is 3.20. The van der Waals surface area contributed by atoms with E-state index in [1.165, 1.54) is 0 Å². The first-order valence-corrected chi connectivity index (χ1v) is 6.20. The molecular formula is C12H14BrN3O. The third-order valence-electron chi connectivity index (χ3n) is 2.76. The van der Waals surface area contributed by atoms with Crippen LogP contribution in [-0.2, 0) is 20.0 Å². The first-order valence-electron chi connectivity index (χ1n) is 5.41. The first-order chi connectivity index (χ1) is 8.08. The van der Waals surface area contributed by atoms with Gasteiger partial charge in [-0.3, -0.25) is 9.48 Å². The van der Waals surface area contributed by atoms with E-state index in [1.54, 1.807) is 10.8 Å². The summed E-state index contributed by atoms with van der Waals surface area (Å²) in [7, 11) is 1.91. The molecule has 0 aliphatic carbocycles. The highest BCUT2D eigenvalue weighted by molar-refractivity contribution is 9.10. The number of halogens is 1. The molecule has 0 fully saturated rings. The number of nitrogens with zero attached hydrogens (tertiary/aromatic N) is 3. The van der Waals surface area contributed by atoms with Gasteiger partial charge in [-0.2, -0.15) is 5.10 Å². The molecule has 0 saturated carbocycles. The number of rotatable bonds is 3. The van der Waals surface area contributed by atoms with Crippen molar-refractivity contribution in [3.8, 4) is 0 Å². The number of aromatic nitrogens is 3. The predicted molar refractivity (Wildman–Crippen MR) is 70.1 cm³/mol. The van der Waals surface area contributed by atoms with Gasteiger partial charge in [0.05, 0.1) is 0 Å². The lowest BCUT2D eigenvalue weighted by atomic mass is 10.2. The molecule has 2 aromatic rings. The van der Waals surface area contributed by atoms with Gasteiger partial charge in [0, 0.05) is 48.1 Å². The molecule has 17 heavy (non-hydrogen) atoms. The second-order valence-electron chi connectivity index (χ2n) is 4.04. The van der Waals surface area contributed by atoms with Crippen LogP contribution in [0.4, 0.5) is 0 Å². The lowest BCUT2D eigenvalue weighted by molar-refractivity contribution is 0.619. The maximum absolute atomic E-state index is 11.9. The molecule has 0 N–H and O–H groups in total. The highest BCUT2D eigenvalue weighted by Crippen LogP contribution is 2.08. The normalized spacial score (nSPS) is 10.8. The van der Waals surface area contributed by atoms with Crippen molar-refractivity contribution in [2.45, 2.75) is 19.9 Å². The second kappa shape index (κ2) is 4.87. The van der Waals surface area contributed by atoms with Crippen molar-refractivity contribution in [1.82, 2.24) is 14.3 Å². The van der Waals surface area contributed by atoms with Crippen molar-refractivity contribution >= 4 is 15.9 Å². The molecule has 0 radical (unpaired) electrons. The van der Waals surface area contributed by atoms with Crippen LogP contribution in [0.1, 0.15) is 11.3 Å². The van der Waals surface area contributed by atoms with Gasteiger partial charge in [-0.05, 0) is 35.0 Å². The molecule has 2 rings (SSSR count). The van der Waals surface area contributed by atoms with Gasteiger partial charge in [-0.25, -0.2) is 0 Å². The van der Waals surface area contributed by atoms with E-state index >= 15 is 0 Å². The third kappa shape index (κ3) is 2.66. The smallest absolute Gasteiger partial charge is 0.253 e. The van der Waals surface area contributed by atoms with Crippen LogP contribution in [0, 0.1) is 6.92 Å². The van der Waals surface area contributed by atoms with Gasteiger partial charge >= 0.3 is 0 Å². The molecule has 5 heteroatoms. The minimum absolute atomic E-state index is 0.0652. The van der Waals surface area contributed by atoms with Gasteiger partial charge < -0.3 is 4.57 Å². The molecule has 0 saturated heterocycles. The summed E-state index contributed by atoms with van der Waals surface area (Å²) in [5.41, 5.74) is 1.94. The van der Waals surface area contributed by atoms with E-state index in [2.05, 4.69) is 21.0 Å². The molecule has 0 spiro atoms. The molecule has 2 aromatic heterocycles. The van der Waals surface area contributed by atoms with Crippen molar-refractivity contribution in [3.05, 3.63) is 50.6 Å². The Bertz CT molecular complexity index is 586. The Hall–Kier alpha value is -1.36. The number of hydrogen-bond donors (Lipinski definition) is 0. The van der Waals surface area contributed by atoms with Gasteiger partial charge in [0.1, 0.15) is 0 Å². The molecule has 0 unspecified atom stereocenters. The van der Waals surface area contributed by atoms with E-state index in [0.29, 0.717) is 6.54 Å². The van der Waals surface area contributed by atoms with Crippen molar-refractivity contribution in [3.63, 3.8) is 0 Å². The van der Waals surface area contributed by atoms with Crippen LogP contribution in [0.3, 0.4) is 0 Å². The summed E-state index contributed by atoms with van der Waals surface area (Å²) in [5.74, 6) is 0. The lowest BCUT2D eigenvalue weighted by Crippen LogP contribution is -2.23. The SMILES string of the molecule is Cc1cc(Br)cn(CCc2ccnn2C)c1=O. The predicted octanol–water partition coefficient (Wildman–Crippen LogP) is 1.90.